The van der Waals surface area contributed by atoms with E-state index in [2.05, 4.69) is 14.1 Å². The first kappa shape index (κ1) is 17.5. The average molecular weight is 360 g/mol. The van der Waals surface area contributed by atoms with Gasteiger partial charge >= 0.3 is 11.9 Å². The summed E-state index contributed by atoms with van der Waals surface area (Å²) >= 11 is 0. The maximum Gasteiger partial charge on any atom is 0.325 e. The first-order chi connectivity index (χ1) is 12.4. The molecule has 1 unspecified atom stereocenters. The van der Waals surface area contributed by atoms with E-state index in [-0.39, 0.29) is 12.7 Å². The lowest BCUT2D eigenvalue weighted by molar-refractivity contribution is -0.938. The Bertz CT molecular complexity index is 683. The molecule has 0 N–H and O–H groups in total. The molecule has 0 amide bonds. The zero-order valence-electron chi connectivity index (χ0n) is 15.5. The summed E-state index contributed by atoms with van der Waals surface area (Å²) in [5.41, 5.74) is 0.608. The zero-order valence-corrected chi connectivity index (χ0v) is 15.5. The summed E-state index contributed by atoms with van der Waals surface area (Å²) < 4.78 is 17.6. The SMILES string of the molecule is CCOC(=O)[C@@H](C(=O)OC1C[C@@H]2[C@H]3O[C@H]3[C@H](C1)[N+]2(C)C)c1ccccc1. The van der Waals surface area contributed by atoms with Crippen molar-refractivity contribution in [3.63, 3.8) is 0 Å². The second kappa shape index (κ2) is 6.35. The predicted octanol–water partition coefficient (Wildman–Crippen LogP) is 1.63. The van der Waals surface area contributed by atoms with Gasteiger partial charge in [-0.1, -0.05) is 30.3 Å². The van der Waals surface area contributed by atoms with Crippen LogP contribution in [0.25, 0.3) is 0 Å². The normalized spacial score (nSPS) is 34.5. The zero-order chi connectivity index (χ0) is 18.5. The molecule has 140 valence electrons. The van der Waals surface area contributed by atoms with E-state index in [4.69, 9.17) is 14.2 Å². The van der Waals surface area contributed by atoms with E-state index in [1.54, 1.807) is 31.2 Å². The van der Waals surface area contributed by atoms with Gasteiger partial charge in [-0.2, -0.15) is 0 Å². The molecular formula is C20H26NO5+. The molecule has 0 aromatic heterocycles. The van der Waals surface area contributed by atoms with Gasteiger partial charge in [0.2, 0.25) is 0 Å². The minimum atomic E-state index is -1.02. The Labute approximate surface area is 153 Å². The van der Waals surface area contributed by atoms with Gasteiger partial charge < -0.3 is 18.7 Å². The van der Waals surface area contributed by atoms with Crippen LogP contribution in [0.4, 0.5) is 0 Å². The number of nitrogens with zero attached hydrogens (tertiary/aromatic N) is 1. The molecule has 4 rings (SSSR count). The lowest BCUT2D eigenvalue weighted by Crippen LogP contribution is -2.60. The topological polar surface area (TPSA) is 65.1 Å². The number of benzene rings is 1. The minimum Gasteiger partial charge on any atom is -0.465 e. The van der Waals surface area contributed by atoms with Crippen LogP contribution in [0.15, 0.2) is 30.3 Å². The Hall–Kier alpha value is -1.92. The second-order valence-corrected chi connectivity index (χ2v) is 7.96. The number of rotatable bonds is 5. The molecule has 3 fully saturated rings. The molecule has 1 aromatic rings. The number of likely N-dealkylation sites (N-methyl/N-ethyl adjacent to an activating group) is 1. The number of morpholine rings is 1. The number of carbonyl (C=O) groups is 2. The molecule has 3 aliphatic heterocycles. The van der Waals surface area contributed by atoms with E-state index in [1.807, 2.05) is 6.07 Å². The van der Waals surface area contributed by atoms with Crippen molar-refractivity contribution in [1.29, 1.82) is 0 Å². The fourth-order valence-electron chi connectivity index (χ4n) is 4.77. The van der Waals surface area contributed by atoms with Crippen LogP contribution >= 0.6 is 0 Å². The van der Waals surface area contributed by atoms with Gasteiger partial charge in [0.1, 0.15) is 30.4 Å². The first-order valence-electron chi connectivity index (χ1n) is 9.34. The van der Waals surface area contributed by atoms with Gasteiger partial charge in [0.25, 0.3) is 0 Å². The van der Waals surface area contributed by atoms with Crippen LogP contribution in [0.1, 0.15) is 31.2 Å². The van der Waals surface area contributed by atoms with Crippen molar-refractivity contribution in [2.45, 2.75) is 56.1 Å². The fourth-order valence-corrected chi connectivity index (χ4v) is 4.77. The van der Waals surface area contributed by atoms with Gasteiger partial charge in [0.15, 0.2) is 5.92 Å². The Morgan fingerprint density at radius 1 is 1.12 bits per heavy atom. The van der Waals surface area contributed by atoms with Crippen molar-refractivity contribution in [2.75, 3.05) is 20.7 Å². The van der Waals surface area contributed by atoms with Gasteiger partial charge in [0, 0.05) is 12.8 Å². The molecule has 3 saturated heterocycles. The molecular weight excluding hydrogens is 334 g/mol. The van der Waals surface area contributed by atoms with Crippen LogP contribution in [-0.2, 0) is 23.8 Å². The van der Waals surface area contributed by atoms with Crippen LogP contribution in [0, 0.1) is 0 Å². The van der Waals surface area contributed by atoms with Crippen molar-refractivity contribution >= 4 is 11.9 Å². The summed E-state index contributed by atoms with van der Waals surface area (Å²) in [5.74, 6) is -2.09. The number of hydrogen-bond acceptors (Lipinski definition) is 5. The van der Waals surface area contributed by atoms with Crippen LogP contribution < -0.4 is 0 Å². The molecule has 6 nitrogen and oxygen atoms in total. The smallest absolute Gasteiger partial charge is 0.325 e. The highest BCUT2D eigenvalue weighted by Crippen LogP contribution is 2.51. The molecule has 1 aromatic carbocycles. The number of hydrogen-bond donors (Lipinski definition) is 0. The van der Waals surface area contributed by atoms with Gasteiger partial charge in [0.05, 0.1) is 20.7 Å². The number of quaternary nitrogens is 1. The van der Waals surface area contributed by atoms with E-state index in [0.29, 0.717) is 29.9 Å². The maximum atomic E-state index is 12.9. The number of carbonyl (C=O) groups excluding carboxylic acids is 2. The summed E-state index contributed by atoms with van der Waals surface area (Å²) in [7, 11) is 4.46. The molecule has 26 heavy (non-hydrogen) atoms. The standard InChI is InChI=1S/C20H26NO5/c1-4-24-19(22)16(12-8-6-5-7-9-12)20(23)25-13-10-14-17-18(26-17)15(11-13)21(14,2)3/h5-9,13-18H,4,10-11H2,1-3H3/q+1/t13?,14-,15+,16-,17-,18+/m0/s1. The average Bonchev–Trinajstić information content (AvgIpc) is 3.34. The number of epoxide rings is 1. The summed E-state index contributed by atoms with van der Waals surface area (Å²) in [6.07, 6.45) is 1.99. The Morgan fingerprint density at radius 2 is 1.73 bits per heavy atom. The minimum absolute atomic E-state index is 0.166. The third kappa shape index (κ3) is 2.81. The summed E-state index contributed by atoms with van der Waals surface area (Å²) in [5, 5.41) is 0. The molecule has 0 spiro atoms. The maximum absolute atomic E-state index is 12.9. The van der Waals surface area contributed by atoms with Crippen LogP contribution in [0.5, 0.6) is 0 Å². The third-order valence-corrected chi connectivity index (χ3v) is 6.21. The van der Waals surface area contributed by atoms with Crippen molar-refractivity contribution in [1.82, 2.24) is 0 Å². The molecule has 0 aliphatic carbocycles. The van der Waals surface area contributed by atoms with Crippen LogP contribution in [0.3, 0.4) is 0 Å². The van der Waals surface area contributed by atoms with Gasteiger partial charge in [-0.05, 0) is 12.5 Å². The highest BCUT2D eigenvalue weighted by molar-refractivity contribution is 6.00. The van der Waals surface area contributed by atoms with Gasteiger partial charge in [-0.3, -0.25) is 9.59 Å². The lowest BCUT2D eigenvalue weighted by atomic mass is 9.95. The van der Waals surface area contributed by atoms with E-state index < -0.39 is 17.9 Å². The molecule has 0 radical (unpaired) electrons. The molecule has 6 atom stereocenters. The molecule has 6 heteroatoms. The van der Waals surface area contributed by atoms with Gasteiger partial charge in [-0.25, -0.2) is 0 Å². The lowest BCUT2D eigenvalue weighted by Gasteiger charge is -2.45. The summed E-state index contributed by atoms with van der Waals surface area (Å²) in [6.45, 7) is 1.96. The third-order valence-electron chi connectivity index (χ3n) is 6.21. The van der Waals surface area contributed by atoms with Crippen molar-refractivity contribution in [3.8, 4) is 0 Å². The van der Waals surface area contributed by atoms with E-state index >= 15 is 0 Å². The van der Waals surface area contributed by atoms with E-state index in [1.165, 1.54) is 0 Å². The molecule has 3 aliphatic rings. The number of piperidine rings is 1. The quantitative estimate of drug-likeness (QED) is 0.346. The first-order valence-corrected chi connectivity index (χ1v) is 9.34. The van der Waals surface area contributed by atoms with Crippen molar-refractivity contribution < 1.29 is 28.3 Å². The number of fused-ring (bicyclic) bond motifs is 5. The molecule has 3 heterocycles. The summed E-state index contributed by atoms with van der Waals surface area (Å²) in [4.78, 5) is 25.2. The van der Waals surface area contributed by atoms with Crippen LogP contribution in [-0.4, -0.2) is 67.5 Å². The number of ether oxygens (including phenoxy) is 3. The Balaban J connectivity index is 1.48. The Kier molecular flexibility index (Phi) is 4.28. The predicted molar refractivity (Wildman–Crippen MR) is 93.3 cm³/mol. The monoisotopic (exact) mass is 360 g/mol. The second-order valence-electron chi connectivity index (χ2n) is 7.96. The van der Waals surface area contributed by atoms with Gasteiger partial charge in [-0.15, -0.1) is 0 Å². The highest BCUT2D eigenvalue weighted by atomic mass is 16.6. The van der Waals surface area contributed by atoms with Crippen LogP contribution in [0.2, 0.25) is 0 Å². The Morgan fingerprint density at radius 3 is 2.31 bits per heavy atom. The summed E-state index contributed by atoms with van der Waals surface area (Å²) in [6, 6.07) is 9.69. The van der Waals surface area contributed by atoms with E-state index in [0.717, 1.165) is 17.3 Å². The van der Waals surface area contributed by atoms with Crippen molar-refractivity contribution in [3.05, 3.63) is 35.9 Å². The van der Waals surface area contributed by atoms with Crippen molar-refractivity contribution in [2.24, 2.45) is 0 Å². The highest BCUT2D eigenvalue weighted by Gasteiger charge is 2.70. The molecule has 0 saturated carbocycles. The largest absolute Gasteiger partial charge is 0.465 e. The fraction of sp³-hybridized carbons (Fsp3) is 0.600. The number of esters is 2. The van der Waals surface area contributed by atoms with E-state index in [9.17, 15) is 9.59 Å². The molecule has 2 bridgehead atoms.